The number of nitrogens with zero attached hydrogens (tertiary/aromatic N) is 4. The highest BCUT2D eigenvalue weighted by Crippen LogP contribution is 2.32. The third kappa shape index (κ3) is 5.08. The van der Waals surface area contributed by atoms with Crippen molar-refractivity contribution in [1.29, 1.82) is 0 Å². The van der Waals surface area contributed by atoms with Crippen LogP contribution in [0.1, 0.15) is 38.8 Å². The first-order chi connectivity index (χ1) is 13.2. The van der Waals surface area contributed by atoms with Crippen LogP contribution < -0.4 is 5.32 Å². The fraction of sp³-hybridized carbons (Fsp3) is 0.444. The van der Waals surface area contributed by atoms with Gasteiger partial charge in [-0.2, -0.15) is 13.2 Å². The van der Waals surface area contributed by atoms with Gasteiger partial charge in [0, 0.05) is 23.9 Å². The summed E-state index contributed by atoms with van der Waals surface area (Å²) >= 11 is 0. The van der Waals surface area contributed by atoms with Gasteiger partial charge in [0.1, 0.15) is 17.8 Å². The first kappa shape index (κ1) is 19.8. The van der Waals surface area contributed by atoms with Gasteiger partial charge in [0.05, 0.1) is 6.10 Å². The molecule has 10 heteroatoms. The number of carbonyl (C=O) groups is 1. The highest BCUT2D eigenvalue weighted by Gasteiger charge is 2.34. The Morgan fingerprint density at radius 1 is 1.36 bits per heavy atom. The van der Waals surface area contributed by atoms with E-state index >= 15 is 0 Å². The predicted octanol–water partition coefficient (Wildman–Crippen LogP) is 3.75. The second kappa shape index (κ2) is 7.99. The van der Waals surface area contributed by atoms with E-state index in [0.717, 1.165) is 31.4 Å². The first-order valence-corrected chi connectivity index (χ1v) is 8.87. The van der Waals surface area contributed by atoms with Crippen LogP contribution in [0.2, 0.25) is 0 Å². The van der Waals surface area contributed by atoms with E-state index in [-0.39, 0.29) is 29.4 Å². The molecular formula is C18H20F3N5O2. The third-order valence-corrected chi connectivity index (χ3v) is 4.05. The normalized spacial score (nSPS) is 15.1. The molecule has 0 radical (unpaired) electrons. The van der Waals surface area contributed by atoms with Crippen molar-refractivity contribution in [1.82, 2.24) is 19.7 Å². The smallest absolute Gasteiger partial charge is 0.433 e. The lowest BCUT2D eigenvalue weighted by Crippen LogP contribution is -2.27. The lowest BCUT2D eigenvalue weighted by Gasteiger charge is -2.27. The number of esters is 1. The molecule has 28 heavy (non-hydrogen) atoms. The highest BCUT2D eigenvalue weighted by atomic mass is 19.4. The number of nitrogens with one attached hydrogen (secondary N) is 1. The molecule has 1 aliphatic rings. The van der Waals surface area contributed by atoms with Crippen LogP contribution in [0.15, 0.2) is 24.5 Å². The number of pyridine rings is 1. The molecule has 0 aromatic carbocycles. The van der Waals surface area contributed by atoms with Gasteiger partial charge in [-0.15, -0.1) is 5.10 Å². The number of rotatable bonds is 6. The van der Waals surface area contributed by atoms with Crippen molar-refractivity contribution in [3.8, 4) is 11.4 Å². The van der Waals surface area contributed by atoms with Gasteiger partial charge in [-0.05, 0) is 45.2 Å². The summed E-state index contributed by atoms with van der Waals surface area (Å²) in [5.41, 5.74) is -0.833. The molecule has 0 atom stereocenters. The Morgan fingerprint density at radius 3 is 2.71 bits per heavy atom. The predicted molar refractivity (Wildman–Crippen MR) is 96.1 cm³/mol. The van der Waals surface area contributed by atoms with Crippen LogP contribution in [-0.4, -0.2) is 37.9 Å². The van der Waals surface area contributed by atoms with Gasteiger partial charge in [0.2, 0.25) is 0 Å². The van der Waals surface area contributed by atoms with Crippen molar-refractivity contribution >= 4 is 18.0 Å². The molecule has 3 rings (SSSR count). The fourth-order valence-electron chi connectivity index (χ4n) is 2.53. The van der Waals surface area contributed by atoms with Gasteiger partial charge in [0.25, 0.3) is 0 Å². The van der Waals surface area contributed by atoms with Gasteiger partial charge in [-0.1, -0.05) is 0 Å². The summed E-state index contributed by atoms with van der Waals surface area (Å²) in [6, 6.07) is 2.52. The number of ether oxygens (including phenoxy) is 1. The lowest BCUT2D eigenvalue weighted by molar-refractivity contribution is -0.142. The lowest BCUT2D eigenvalue weighted by atomic mass is 9.93. The molecule has 0 amide bonds. The van der Waals surface area contributed by atoms with E-state index in [4.69, 9.17) is 4.74 Å². The molecule has 1 fully saturated rings. The molecule has 7 nitrogen and oxygen atoms in total. The summed E-state index contributed by atoms with van der Waals surface area (Å²) in [6.45, 7) is 3.44. The topological polar surface area (TPSA) is 81.9 Å². The van der Waals surface area contributed by atoms with Crippen LogP contribution in [0.3, 0.4) is 0 Å². The van der Waals surface area contributed by atoms with Gasteiger partial charge < -0.3 is 10.1 Å². The maximum Gasteiger partial charge on any atom is 0.433 e. The largest absolute Gasteiger partial charge is 0.460 e. The van der Waals surface area contributed by atoms with Crippen molar-refractivity contribution in [2.45, 2.75) is 51.4 Å². The second-order valence-electron chi connectivity index (χ2n) is 6.75. The Balaban J connectivity index is 1.84. The van der Waals surface area contributed by atoms with Crippen molar-refractivity contribution in [2.24, 2.45) is 0 Å². The summed E-state index contributed by atoms with van der Waals surface area (Å²) in [5, 5.41) is 7.11. The Morgan fingerprint density at radius 2 is 2.11 bits per heavy atom. The first-order valence-electron chi connectivity index (χ1n) is 8.87. The van der Waals surface area contributed by atoms with E-state index in [0.29, 0.717) is 0 Å². The zero-order valence-electron chi connectivity index (χ0n) is 15.4. The minimum Gasteiger partial charge on any atom is -0.460 e. The molecule has 0 spiro atoms. The van der Waals surface area contributed by atoms with Gasteiger partial charge in [-0.25, -0.2) is 19.4 Å². The quantitative estimate of drug-likeness (QED) is 0.593. The Hall–Kier alpha value is -2.91. The average molecular weight is 395 g/mol. The van der Waals surface area contributed by atoms with Crippen molar-refractivity contribution in [3.63, 3.8) is 0 Å². The van der Waals surface area contributed by atoms with Gasteiger partial charge in [0.15, 0.2) is 5.82 Å². The molecule has 1 aliphatic carbocycles. The van der Waals surface area contributed by atoms with Crippen molar-refractivity contribution < 1.29 is 22.7 Å². The zero-order chi connectivity index (χ0) is 20.3. The summed E-state index contributed by atoms with van der Waals surface area (Å²) in [4.78, 5) is 19.2. The molecule has 0 bridgehead atoms. The SMILES string of the molecule is CC(C)OC(=O)/C=C/n1cnc(-c2cc(NC3CCC3)nc(C(F)(F)F)c2)n1. The molecule has 2 aromatic rings. The van der Waals surface area contributed by atoms with Crippen molar-refractivity contribution in [3.05, 3.63) is 30.2 Å². The number of aromatic nitrogens is 4. The van der Waals surface area contributed by atoms with Gasteiger partial charge in [-0.3, -0.25) is 0 Å². The number of anilines is 1. The summed E-state index contributed by atoms with van der Waals surface area (Å²) < 4.78 is 45.8. The van der Waals surface area contributed by atoms with E-state index in [9.17, 15) is 18.0 Å². The van der Waals surface area contributed by atoms with Crippen LogP contribution in [0.25, 0.3) is 17.6 Å². The molecular weight excluding hydrogens is 375 g/mol. The maximum atomic E-state index is 13.2. The number of carbonyl (C=O) groups excluding carboxylic acids is 1. The number of halogens is 3. The standard InChI is InChI=1S/C18H20F3N5O2/c1-11(2)28-16(27)6-7-26-10-22-17(25-26)12-8-14(18(19,20)21)24-15(9-12)23-13-4-3-5-13/h6-11,13H,3-5H2,1-2H3,(H,23,24)/b7-6+. The molecule has 1 saturated carbocycles. The monoisotopic (exact) mass is 395 g/mol. The molecule has 1 N–H and O–H groups in total. The van der Waals surface area contributed by atoms with E-state index in [2.05, 4.69) is 20.4 Å². The maximum absolute atomic E-state index is 13.2. The number of alkyl halides is 3. The van der Waals surface area contributed by atoms with Gasteiger partial charge >= 0.3 is 12.1 Å². The zero-order valence-corrected chi connectivity index (χ0v) is 15.4. The summed E-state index contributed by atoms with van der Waals surface area (Å²) in [7, 11) is 0. The molecule has 0 saturated heterocycles. The van der Waals surface area contributed by atoms with Crippen LogP contribution in [0.4, 0.5) is 19.0 Å². The molecule has 2 heterocycles. The Bertz CT molecular complexity index is 872. The molecule has 2 aromatic heterocycles. The summed E-state index contributed by atoms with van der Waals surface area (Å²) in [5.74, 6) is -0.323. The Kier molecular flexibility index (Phi) is 5.66. The van der Waals surface area contributed by atoms with Crippen molar-refractivity contribution in [2.75, 3.05) is 5.32 Å². The Labute approximate surface area is 159 Å². The minimum absolute atomic E-state index is 0.0893. The number of hydrogen-bond acceptors (Lipinski definition) is 6. The van der Waals surface area contributed by atoms with Crippen LogP contribution >= 0.6 is 0 Å². The minimum atomic E-state index is -4.59. The molecule has 0 aliphatic heterocycles. The highest BCUT2D eigenvalue weighted by molar-refractivity contribution is 5.85. The van der Waals surface area contributed by atoms with Crippen LogP contribution in [0.5, 0.6) is 0 Å². The number of hydrogen-bond donors (Lipinski definition) is 1. The van der Waals surface area contributed by atoms with Crippen LogP contribution in [-0.2, 0) is 15.7 Å². The fourth-order valence-corrected chi connectivity index (χ4v) is 2.53. The second-order valence-corrected chi connectivity index (χ2v) is 6.75. The third-order valence-electron chi connectivity index (χ3n) is 4.05. The molecule has 0 unspecified atom stereocenters. The van der Waals surface area contributed by atoms with E-state index < -0.39 is 17.8 Å². The van der Waals surface area contributed by atoms with E-state index in [1.165, 1.54) is 23.3 Å². The molecule has 150 valence electrons. The van der Waals surface area contributed by atoms with Crippen LogP contribution in [0, 0.1) is 0 Å². The average Bonchev–Trinajstić information content (AvgIpc) is 3.04. The van der Waals surface area contributed by atoms with E-state index in [1.54, 1.807) is 13.8 Å². The van der Waals surface area contributed by atoms with E-state index in [1.807, 2.05) is 0 Å². The summed E-state index contributed by atoms with van der Waals surface area (Å²) in [6.07, 6.45) is 1.77.